The van der Waals surface area contributed by atoms with E-state index in [4.69, 9.17) is 5.73 Å². The molecule has 0 spiro atoms. The number of piperidine rings is 1. The van der Waals surface area contributed by atoms with E-state index in [9.17, 15) is 0 Å². The molecule has 0 bridgehead atoms. The Morgan fingerprint density at radius 3 is 2.09 bits per heavy atom. The molecule has 4 nitrogen and oxygen atoms in total. The second kappa shape index (κ2) is 6.39. The van der Waals surface area contributed by atoms with Crippen molar-refractivity contribution in [2.24, 2.45) is 17.1 Å². The van der Waals surface area contributed by atoms with E-state index in [1.807, 2.05) is 0 Å². The molecule has 0 radical (unpaired) electrons. The van der Waals surface area contributed by atoms with Gasteiger partial charge < -0.3 is 15.5 Å². The van der Waals surface area contributed by atoms with Crippen LogP contribution < -0.4 is 5.73 Å². The van der Waals surface area contributed by atoms with Gasteiger partial charge in [-0.15, -0.1) is 0 Å². The predicted octanol–water partition coefficient (Wildman–Crippen LogP) is 1.46. The molecule has 0 aromatic carbocycles. The van der Waals surface area contributed by atoms with Gasteiger partial charge in [0.15, 0.2) is 0 Å². The second-order valence-corrected chi connectivity index (χ2v) is 8.70. The van der Waals surface area contributed by atoms with Gasteiger partial charge in [0.05, 0.1) is 0 Å². The minimum Gasteiger partial charge on any atom is -0.330 e. The van der Waals surface area contributed by atoms with Gasteiger partial charge in [0.1, 0.15) is 0 Å². The molecule has 3 aliphatic rings. The predicted molar refractivity (Wildman–Crippen MR) is 93.0 cm³/mol. The Hall–Kier alpha value is -0.160. The van der Waals surface area contributed by atoms with E-state index in [1.54, 1.807) is 0 Å². The van der Waals surface area contributed by atoms with Crippen LogP contribution in [0.5, 0.6) is 0 Å². The van der Waals surface area contributed by atoms with Crippen molar-refractivity contribution >= 4 is 0 Å². The zero-order valence-electron chi connectivity index (χ0n) is 15.0. The largest absolute Gasteiger partial charge is 0.330 e. The van der Waals surface area contributed by atoms with Gasteiger partial charge in [-0.3, -0.25) is 4.90 Å². The first-order valence-electron chi connectivity index (χ1n) is 9.31. The SMILES string of the molecule is CN1CCN(C(C)(C)C2CCN(CC3(CN)CC3)CC2)CC1. The van der Waals surface area contributed by atoms with Crippen molar-refractivity contribution in [3.05, 3.63) is 0 Å². The average Bonchev–Trinajstić information content (AvgIpc) is 3.28. The summed E-state index contributed by atoms with van der Waals surface area (Å²) in [4.78, 5) is 7.89. The maximum absolute atomic E-state index is 5.95. The summed E-state index contributed by atoms with van der Waals surface area (Å²) in [6.45, 7) is 14.6. The number of nitrogens with two attached hydrogens (primary N) is 1. The number of piperazine rings is 1. The molecule has 0 unspecified atom stereocenters. The molecule has 0 aromatic heterocycles. The molecule has 128 valence electrons. The summed E-state index contributed by atoms with van der Waals surface area (Å²) in [5.41, 5.74) is 6.81. The zero-order chi connectivity index (χ0) is 15.8. The molecule has 2 aliphatic heterocycles. The minimum absolute atomic E-state index is 0.360. The Balaban J connectivity index is 1.49. The number of hydrogen-bond donors (Lipinski definition) is 1. The highest BCUT2D eigenvalue weighted by Gasteiger charge is 2.44. The van der Waals surface area contributed by atoms with Crippen LogP contribution in [-0.2, 0) is 0 Å². The summed E-state index contributed by atoms with van der Waals surface area (Å²) >= 11 is 0. The zero-order valence-corrected chi connectivity index (χ0v) is 15.0. The normalized spacial score (nSPS) is 28.9. The number of likely N-dealkylation sites (tertiary alicyclic amines) is 1. The fourth-order valence-electron chi connectivity index (χ4n) is 4.52. The first-order chi connectivity index (χ1) is 10.5. The molecule has 0 atom stereocenters. The molecule has 2 saturated heterocycles. The summed E-state index contributed by atoms with van der Waals surface area (Å²) in [5.74, 6) is 0.847. The Kier molecular flexibility index (Phi) is 4.84. The van der Waals surface area contributed by atoms with Gasteiger partial charge >= 0.3 is 0 Å². The van der Waals surface area contributed by atoms with Crippen molar-refractivity contribution in [2.75, 3.05) is 59.4 Å². The van der Waals surface area contributed by atoms with Crippen molar-refractivity contribution < 1.29 is 0 Å². The van der Waals surface area contributed by atoms with E-state index in [1.165, 1.54) is 71.5 Å². The molecule has 4 heteroatoms. The summed E-state index contributed by atoms with van der Waals surface area (Å²) in [5, 5.41) is 0. The summed E-state index contributed by atoms with van der Waals surface area (Å²) in [6, 6.07) is 0. The van der Waals surface area contributed by atoms with Crippen LogP contribution in [0.2, 0.25) is 0 Å². The van der Waals surface area contributed by atoms with E-state index in [0.717, 1.165) is 12.5 Å². The fourth-order valence-corrected chi connectivity index (χ4v) is 4.52. The van der Waals surface area contributed by atoms with Crippen LogP contribution in [0.1, 0.15) is 39.5 Å². The van der Waals surface area contributed by atoms with Gasteiger partial charge in [0.25, 0.3) is 0 Å². The number of rotatable bonds is 5. The molecule has 1 aliphatic carbocycles. The molecular formula is C18H36N4. The fraction of sp³-hybridized carbons (Fsp3) is 1.00. The Bertz CT molecular complexity index is 361. The van der Waals surface area contributed by atoms with Crippen LogP contribution in [0.4, 0.5) is 0 Å². The van der Waals surface area contributed by atoms with Crippen molar-refractivity contribution in [1.29, 1.82) is 0 Å². The number of nitrogens with zero attached hydrogens (tertiary/aromatic N) is 3. The molecular weight excluding hydrogens is 272 g/mol. The molecule has 1 saturated carbocycles. The van der Waals surface area contributed by atoms with E-state index in [-0.39, 0.29) is 0 Å². The third-order valence-electron chi connectivity index (χ3n) is 6.85. The Morgan fingerprint density at radius 2 is 1.59 bits per heavy atom. The standard InChI is InChI=1S/C18H36N4/c1-17(2,22-12-10-20(3)11-13-22)16-4-8-21(9-5-16)15-18(14-19)6-7-18/h16H,4-15,19H2,1-3H3. The van der Waals surface area contributed by atoms with Crippen molar-refractivity contribution in [3.63, 3.8) is 0 Å². The first-order valence-corrected chi connectivity index (χ1v) is 9.31. The lowest BCUT2D eigenvalue weighted by atomic mass is 9.78. The van der Waals surface area contributed by atoms with Gasteiger partial charge in [0.2, 0.25) is 0 Å². The molecule has 0 amide bonds. The highest BCUT2D eigenvalue weighted by atomic mass is 15.3. The smallest absolute Gasteiger partial charge is 0.0183 e. The maximum atomic E-state index is 5.95. The van der Waals surface area contributed by atoms with Crippen LogP contribution in [0.25, 0.3) is 0 Å². The first kappa shape index (κ1) is 16.7. The Labute approximate surface area is 137 Å². The van der Waals surface area contributed by atoms with Gasteiger partial charge in [-0.2, -0.15) is 0 Å². The molecule has 3 rings (SSSR count). The van der Waals surface area contributed by atoms with Gasteiger partial charge in [-0.1, -0.05) is 0 Å². The minimum atomic E-state index is 0.360. The summed E-state index contributed by atoms with van der Waals surface area (Å²) in [6.07, 6.45) is 5.44. The van der Waals surface area contributed by atoms with Gasteiger partial charge in [-0.05, 0) is 77.5 Å². The monoisotopic (exact) mass is 308 g/mol. The second-order valence-electron chi connectivity index (χ2n) is 8.70. The molecule has 3 fully saturated rings. The average molecular weight is 309 g/mol. The highest BCUT2D eigenvalue weighted by Crippen LogP contribution is 2.46. The molecule has 0 aromatic rings. The van der Waals surface area contributed by atoms with E-state index in [0.29, 0.717) is 11.0 Å². The maximum Gasteiger partial charge on any atom is 0.0183 e. The summed E-state index contributed by atoms with van der Waals surface area (Å²) < 4.78 is 0. The molecule has 2 N–H and O–H groups in total. The van der Waals surface area contributed by atoms with Crippen LogP contribution in [0, 0.1) is 11.3 Å². The lowest BCUT2D eigenvalue weighted by molar-refractivity contribution is -0.00254. The van der Waals surface area contributed by atoms with Gasteiger partial charge in [-0.25, -0.2) is 0 Å². The van der Waals surface area contributed by atoms with Crippen LogP contribution >= 0.6 is 0 Å². The van der Waals surface area contributed by atoms with E-state index < -0.39 is 0 Å². The lowest BCUT2D eigenvalue weighted by Crippen LogP contribution is -2.58. The van der Waals surface area contributed by atoms with Crippen molar-refractivity contribution in [3.8, 4) is 0 Å². The lowest BCUT2D eigenvalue weighted by Gasteiger charge is -2.50. The van der Waals surface area contributed by atoms with Crippen molar-refractivity contribution in [2.45, 2.75) is 45.1 Å². The highest BCUT2D eigenvalue weighted by molar-refractivity contribution is 4.98. The quantitative estimate of drug-likeness (QED) is 0.834. The van der Waals surface area contributed by atoms with Crippen LogP contribution in [0.3, 0.4) is 0 Å². The van der Waals surface area contributed by atoms with E-state index >= 15 is 0 Å². The number of likely N-dealkylation sites (N-methyl/N-ethyl adjacent to an activating group) is 1. The van der Waals surface area contributed by atoms with E-state index in [2.05, 4.69) is 35.6 Å². The Morgan fingerprint density at radius 1 is 1.00 bits per heavy atom. The van der Waals surface area contributed by atoms with Crippen LogP contribution in [0.15, 0.2) is 0 Å². The van der Waals surface area contributed by atoms with Gasteiger partial charge in [0, 0.05) is 38.3 Å². The molecule has 2 heterocycles. The summed E-state index contributed by atoms with van der Waals surface area (Å²) in [7, 11) is 2.24. The third kappa shape index (κ3) is 3.50. The number of hydrogen-bond acceptors (Lipinski definition) is 4. The topological polar surface area (TPSA) is 35.7 Å². The molecule has 22 heavy (non-hydrogen) atoms. The van der Waals surface area contributed by atoms with Crippen molar-refractivity contribution in [1.82, 2.24) is 14.7 Å². The van der Waals surface area contributed by atoms with Crippen LogP contribution in [-0.4, -0.2) is 79.6 Å². The third-order valence-corrected chi connectivity index (χ3v) is 6.85.